The summed E-state index contributed by atoms with van der Waals surface area (Å²) in [5.41, 5.74) is 0. The average molecular weight is 369 g/mol. The number of halogens is 1. The van der Waals surface area contributed by atoms with Crippen LogP contribution >= 0.6 is 11.6 Å². The molecule has 9 heteroatoms. The lowest BCUT2D eigenvalue weighted by atomic mass is 9.97. The molecule has 25 heavy (non-hydrogen) atoms. The highest BCUT2D eigenvalue weighted by Crippen LogP contribution is 2.26. The number of hydrogen-bond donors (Lipinski definition) is 0. The van der Waals surface area contributed by atoms with Gasteiger partial charge in [0.05, 0.1) is 12.5 Å². The topological polar surface area (TPSA) is 94.5 Å². The van der Waals surface area contributed by atoms with Crippen LogP contribution in [0.4, 0.5) is 0 Å². The van der Waals surface area contributed by atoms with Crippen molar-refractivity contribution in [1.82, 2.24) is 20.2 Å². The van der Waals surface area contributed by atoms with Gasteiger partial charge in [-0.1, -0.05) is 21.9 Å². The number of hydrogen-bond acceptors (Lipinski definition) is 7. The maximum atomic E-state index is 12.4. The van der Waals surface area contributed by atoms with Gasteiger partial charge in [-0.3, -0.25) is 4.79 Å². The summed E-state index contributed by atoms with van der Waals surface area (Å²) in [6, 6.07) is 1.63. The summed E-state index contributed by atoms with van der Waals surface area (Å²) in [4.78, 5) is 18.7. The van der Waals surface area contributed by atoms with E-state index in [1.165, 1.54) is 0 Å². The fourth-order valence-electron chi connectivity index (χ4n) is 2.93. The zero-order valence-electron chi connectivity index (χ0n) is 14.1. The van der Waals surface area contributed by atoms with Crippen LogP contribution in [0.1, 0.15) is 42.7 Å². The Morgan fingerprint density at radius 2 is 2.28 bits per heavy atom. The maximum Gasteiger partial charge on any atom is 0.231 e. The molecule has 1 aliphatic rings. The van der Waals surface area contributed by atoms with Crippen LogP contribution in [0.5, 0.6) is 0 Å². The summed E-state index contributed by atoms with van der Waals surface area (Å²) in [5, 5.41) is 7.89. The number of carbonyl (C=O) groups is 1. The zero-order chi connectivity index (χ0) is 17.6. The number of piperidine rings is 1. The first kappa shape index (κ1) is 17.9. The Bertz CT molecular complexity index is 702. The van der Waals surface area contributed by atoms with Crippen LogP contribution in [0.2, 0.25) is 5.15 Å². The third kappa shape index (κ3) is 4.79. The summed E-state index contributed by atoms with van der Waals surface area (Å²) in [5.74, 6) is 2.03. The van der Waals surface area contributed by atoms with E-state index in [2.05, 4.69) is 15.3 Å². The number of ether oxygens (including phenoxy) is 1. The van der Waals surface area contributed by atoms with Crippen LogP contribution in [-0.2, 0) is 22.4 Å². The molecule has 3 heterocycles. The van der Waals surface area contributed by atoms with Gasteiger partial charge in [-0.15, -0.1) is 0 Å². The molecule has 2 aromatic rings. The number of aryl methyl sites for hydroxylation is 1. The molecule has 2 aromatic heterocycles. The van der Waals surface area contributed by atoms with Gasteiger partial charge in [0.15, 0.2) is 11.0 Å². The van der Waals surface area contributed by atoms with Crippen molar-refractivity contribution in [2.24, 2.45) is 0 Å². The monoisotopic (exact) mass is 368 g/mol. The smallest absolute Gasteiger partial charge is 0.231 e. The highest BCUT2D eigenvalue weighted by atomic mass is 35.5. The molecule has 0 radical (unpaired) electrons. The van der Waals surface area contributed by atoms with Crippen molar-refractivity contribution in [3.8, 4) is 0 Å². The van der Waals surface area contributed by atoms with E-state index in [-0.39, 0.29) is 11.8 Å². The number of amides is 1. The second kappa shape index (κ2) is 8.44. The van der Waals surface area contributed by atoms with Crippen LogP contribution in [0.3, 0.4) is 0 Å². The number of rotatable bonds is 7. The Hall–Kier alpha value is -1.93. The molecule has 0 saturated carbocycles. The molecule has 1 atom stereocenters. The van der Waals surface area contributed by atoms with E-state index in [9.17, 15) is 4.79 Å². The number of likely N-dealkylation sites (tertiary alicyclic amines) is 1. The van der Waals surface area contributed by atoms with E-state index in [4.69, 9.17) is 25.4 Å². The Balaban J connectivity index is 1.53. The molecular formula is C16H21ClN4O4. The lowest BCUT2D eigenvalue weighted by molar-refractivity contribution is -0.132. The first-order valence-corrected chi connectivity index (χ1v) is 8.74. The third-order valence-electron chi connectivity index (χ3n) is 4.25. The molecule has 0 N–H and O–H groups in total. The maximum absolute atomic E-state index is 12.4. The van der Waals surface area contributed by atoms with Crippen molar-refractivity contribution in [3.63, 3.8) is 0 Å². The molecule has 1 saturated heterocycles. The van der Waals surface area contributed by atoms with E-state index in [1.807, 2.05) is 4.90 Å². The molecule has 8 nitrogen and oxygen atoms in total. The number of methoxy groups -OCH3 is 1. The number of aromatic nitrogens is 3. The highest BCUT2D eigenvalue weighted by molar-refractivity contribution is 6.29. The van der Waals surface area contributed by atoms with Crippen molar-refractivity contribution in [2.75, 3.05) is 26.8 Å². The Morgan fingerprint density at radius 3 is 3.04 bits per heavy atom. The van der Waals surface area contributed by atoms with Gasteiger partial charge in [0.2, 0.25) is 11.8 Å². The molecule has 0 spiro atoms. The van der Waals surface area contributed by atoms with Crippen molar-refractivity contribution < 1.29 is 18.6 Å². The van der Waals surface area contributed by atoms with Crippen LogP contribution in [-0.4, -0.2) is 52.9 Å². The minimum Gasteiger partial charge on any atom is -0.384 e. The minimum absolute atomic E-state index is 0.0799. The summed E-state index contributed by atoms with van der Waals surface area (Å²) in [7, 11) is 1.64. The molecule has 136 valence electrons. The standard InChI is InChI=1S/C16H21ClN4O4/c1-23-8-6-14-18-16(25-20-14)11-3-2-7-21(10-11)15(22)5-4-12-9-13(17)19-24-12/h9,11H,2-8,10H2,1H3/t11-/m0/s1. The SMILES string of the molecule is COCCc1noc([C@H]2CCCN(C(=O)CCc3cc(Cl)no3)C2)n1. The van der Waals surface area contributed by atoms with Crippen LogP contribution in [0.25, 0.3) is 0 Å². The van der Waals surface area contributed by atoms with Crippen LogP contribution < -0.4 is 0 Å². The molecule has 1 fully saturated rings. The van der Waals surface area contributed by atoms with Gasteiger partial charge in [-0.25, -0.2) is 0 Å². The van der Waals surface area contributed by atoms with Crippen LogP contribution in [0, 0.1) is 0 Å². The first-order valence-electron chi connectivity index (χ1n) is 8.36. The molecule has 3 rings (SSSR count). The van der Waals surface area contributed by atoms with Gasteiger partial charge in [0.1, 0.15) is 5.76 Å². The van der Waals surface area contributed by atoms with Crippen molar-refractivity contribution >= 4 is 17.5 Å². The quantitative estimate of drug-likeness (QED) is 0.739. The van der Waals surface area contributed by atoms with E-state index < -0.39 is 0 Å². The summed E-state index contributed by atoms with van der Waals surface area (Å²) >= 11 is 5.71. The molecule has 0 aromatic carbocycles. The number of carbonyl (C=O) groups excluding carboxylic acids is 1. The van der Waals surface area contributed by atoms with Gasteiger partial charge in [-0.2, -0.15) is 4.98 Å². The largest absolute Gasteiger partial charge is 0.384 e. The average Bonchev–Trinajstić information content (AvgIpc) is 3.27. The zero-order valence-corrected chi connectivity index (χ0v) is 14.9. The molecule has 1 amide bonds. The van der Waals surface area contributed by atoms with Crippen molar-refractivity contribution in [2.45, 2.75) is 38.0 Å². The molecule has 0 unspecified atom stereocenters. The normalized spacial score (nSPS) is 17.8. The van der Waals surface area contributed by atoms with Gasteiger partial charge >= 0.3 is 0 Å². The molecular weight excluding hydrogens is 348 g/mol. The van der Waals surface area contributed by atoms with Crippen molar-refractivity contribution in [1.29, 1.82) is 0 Å². The van der Waals surface area contributed by atoms with Gasteiger partial charge in [0, 0.05) is 45.5 Å². The third-order valence-corrected chi connectivity index (χ3v) is 4.43. The van der Waals surface area contributed by atoms with Gasteiger partial charge in [0.25, 0.3) is 0 Å². The lowest BCUT2D eigenvalue weighted by Gasteiger charge is -2.31. The Labute approximate surface area is 150 Å². The second-order valence-corrected chi connectivity index (χ2v) is 6.47. The Morgan fingerprint density at radius 1 is 1.40 bits per heavy atom. The highest BCUT2D eigenvalue weighted by Gasteiger charge is 2.28. The Kier molecular flexibility index (Phi) is 6.04. The second-order valence-electron chi connectivity index (χ2n) is 6.09. The molecule has 1 aliphatic heterocycles. The summed E-state index contributed by atoms with van der Waals surface area (Å²) < 4.78 is 15.4. The summed E-state index contributed by atoms with van der Waals surface area (Å²) in [6.45, 7) is 1.90. The summed E-state index contributed by atoms with van der Waals surface area (Å²) in [6.07, 6.45) is 3.32. The van der Waals surface area contributed by atoms with Crippen molar-refractivity contribution in [3.05, 3.63) is 28.7 Å². The van der Waals surface area contributed by atoms with Crippen LogP contribution in [0.15, 0.2) is 15.1 Å². The molecule has 0 bridgehead atoms. The fraction of sp³-hybridized carbons (Fsp3) is 0.625. The first-order chi connectivity index (χ1) is 12.2. The predicted molar refractivity (Wildman–Crippen MR) is 88.3 cm³/mol. The van der Waals surface area contributed by atoms with E-state index >= 15 is 0 Å². The fourth-order valence-corrected chi connectivity index (χ4v) is 3.08. The van der Waals surface area contributed by atoms with Gasteiger partial charge in [-0.05, 0) is 12.8 Å². The van der Waals surface area contributed by atoms with E-state index in [1.54, 1.807) is 13.2 Å². The van der Waals surface area contributed by atoms with E-state index in [0.717, 1.165) is 19.4 Å². The van der Waals surface area contributed by atoms with E-state index in [0.29, 0.717) is 55.0 Å². The number of nitrogens with zero attached hydrogens (tertiary/aromatic N) is 4. The predicted octanol–water partition coefficient (Wildman–Crippen LogP) is 2.24. The lowest BCUT2D eigenvalue weighted by Crippen LogP contribution is -2.39. The van der Waals surface area contributed by atoms with Gasteiger partial charge < -0.3 is 18.7 Å². The minimum atomic E-state index is 0.0799. The molecule has 0 aliphatic carbocycles.